The molecule has 0 radical (unpaired) electrons. The summed E-state index contributed by atoms with van der Waals surface area (Å²) in [5.74, 6) is 1.36. The third-order valence-corrected chi connectivity index (χ3v) is 5.44. The number of hydrogen-bond donors (Lipinski definition) is 0. The van der Waals surface area contributed by atoms with Crippen molar-refractivity contribution in [2.75, 3.05) is 20.0 Å². The van der Waals surface area contributed by atoms with Crippen molar-refractivity contribution in [2.24, 2.45) is 0 Å². The molecule has 4 aromatic rings. The molecule has 152 valence electrons. The van der Waals surface area contributed by atoms with E-state index in [9.17, 15) is 9.59 Å². The van der Waals surface area contributed by atoms with Gasteiger partial charge in [0, 0.05) is 24.0 Å². The summed E-state index contributed by atoms with van der Waals surface area (Å²) in [6.07, 6.45) is 3.34. The summed E-state index contributed by atoms with van der Waals surface area (Å²) in [5, 5.41) is 8.57. The van der Waals surface area contributed by atoms with E-state index in [1.807, 2.05) is 0 Å². The molecule has 0 aliphatic rings. The number of methoxy groups -OCH3 is 2. The number of rotatable bonds is 7. The highest BCUT2D eigenvalue weighted by molar-refractivity contribution is 7.99. The Kier molecular flexibility index (Phi) is 5.53. The first-order valence-electron chi connectivity index (χ1n) is 9.01. The zero-order chi connectivity index (χ0) is 21.1. The van der Waals surface area contributed by atoms with Crippen LogP contribution in [0.5, 0.6) is 11.5 Å². The Balaban J connectivity index is 1.58. The zero-order valence-electron chi connectivity index (χ0n) is 16.3. The van der Waals surface area contributed by atoms with Gasteiger partial charge in [-0.1, -0.05) is 30.0 Å². The number of carbonyl (C=O) groups is 1. The molecule has 0 fully saturated rings. The highest BCUT2D eigenvalue weighted by Gasteiger charge is 2.15. The molecule has 4 rings (SSSR count). The molecule has 8 nitrogen and oxygen atoms in total. The fourth-order valence-electron chi connectivity index (χ4n) is 2.94. The Bertz CT molecular complexity index is 1280. The lowest BCUT2D eigenvalue weighted by Crippen LogP contribution is -2.20. The van der Waals surface area contributed by atoms with E-state index in [-0.39, 0.29) is 22.7 Å². The lowest BCUT2D eigenvalue weighted by Gasteiger charge is -2.08. The minimum absolute atomic E-state index is 0.0691. The van der Waals surface area contributed by atoms with Crippen LogP contribution in [0.15, 0.2) is 70.9 Å². The third-order valence-electron chi connectivity index (χ3n) is 4.50. The molecular weight excluding hydrogens is 404 g/mol. The smallest absolute Gasteiger partial charge is 0.300 e. The first-order chi connectivity index (χ1) is 14.6. The second-order valence-electron chi connectivity index (χ2n) is 6.29. The lowest BCUT2D eigenvalue weighted by molar-refractivity contribution is 0.102. The summed E-state index contributed by atoms with van der Waals surface area (Å²) in [7, 11) is 3.12. The molecule has 0 saturated carbocycles. The molecule has 2 aromatic carbocycles. The molecule has 0 unspecified atom stereocenters. The fourth-order valence-corrected chi connectivity index (χ4v) is 3.75. The SMILES string of the molecule is COc1cccc(C(=O)CSc2nnc3c(=O)n(-c4cccc(OC)c4)ccn23)c1. The largest absolute Gasteiger partial charge is 0.497 e. The van der Waals surface area contributed by atoms with Crippen LogP contribution in [-0.2, 0) is 0 Å². The van der Waals surface area contributed by atoms with Gasteiger partial charge in [-0.3, -0.25) is 18.6 Å². The number of Topliss-reactive ketones (excluding diaryl/α,β-unsaturated/α-hetero) is 1. The van der Waals surface area contributed by atoms with Gasteiger partial charge in [-0.25, -0.2) is 0 Å². The van der Waals surface area contributed by atoms with Crippen molar-refractivity contribution in [3.63, 3.8) is 0 Å². The first-order valence-corrected chi connectivity index (χ1v) is 10.00. The van der Waals surface area contributed by atoms with Crippen molar-refractivity contribution in [3.05, 3.63) is 76.8 Å². The maximum absolute atomic E-state index is 12.9. The molecule has 0 aliphatic carbocycles. The van der Waals surface area contributed by atoms with Crippen LogP contribution in [0, 0.1) is 0 Å². The molecule has 2 aromatic heterocycles. The summed E-state index contributed by atoms with van der Waals surface area (Å²) < 4.78 is 13.4. The number of ether oxygens (including phenoxy) is 2. The number of aromatic nitrogens is 4. The summed E-state index contributed by atoms with van der Waals surface area (Å²) in [6, 6.07) is 14.2. The third kappa shape index (κ3) is 3.79. The van der Waals surface area contributed by atoms with E-state index in [4.69, 9.17) is 9.47 Å². The highest BCUT2D eigenvalue weighted by Crippen LogP contribution is 2.20. The van der Waals surface area contributed by atoms with Gasteiger partial charge in [0.15, 0.2) is 10.9 Å². The van der Waals surface area contributed by atoms with Gasteiger partial charge in [-0.15, -0.1) is 10.2 Å². The van der Waals surface area contributed by atoms with E-state index in [0.29, 0.717) is 27.9 Å². The van der Waals surface area contributed by atoms with Crippen LogP contribution in [0.1, 0.15) is 10.4 Å². The Morgan fingerprint density at radius 1 is 1.00 bits per heavy atom. The standard InChI is InChI=1S/C21H18N4O4S/c1-28-16-7-3-5-14(11-16)18(26)13-30-21-23-22-19-20(27)24(9-10-25(19)21)15-6-4-8-17(12-15)29-2/h3-12H,13H2,1-2H3. The molecule has 0 saturated heterocycles. The average molecular weight is 422 g/mol. The van der Waals surface area contributed by atoms with E-state index in [1.54, 1.807) is 79.5 Å². The molecule has 2 heterocycles. The van der Waals surface area contributed by atoms with Crippen LogP contribution in [0.25, 0.3) is 11.3 Å². The predicted molar refractivity (Wildman–Crippen MR) is 113 cm³/mol. The van der Waals surface area contributed by atoms with Gasteiger partial charge in [0.25, 0.3) is 0 Å². The molecule has 9 heteroatoms. The lowest BCUT2D eigenvalue weighted by atomic mass is 10.1. The first kappa shape index (κ1) is 19.7. The van der Waals surface area contributed by atoms with E-state index in [0.717, 1.165) is 0 Å². The van der Waals surface area contributed by atoms with Gasteiger partial charge < -0.3 is 9.47 Å². The molecule has 0 amide bonds. The van der Waals surface area contributed by atoms with Crippen molar-refractivity contribution in [2.45, 2.75) is 5.16 Å². The maximum Gasteiger partial charge on any atom is 0.300 e. The maximum atomic E-state index is 12.9. The number of thioether (sulfide) groups is 1. The average Bonchev–Trinajstić information content (AvgIpc) is 3.21. The minimum atomic E-state index is -0.316. The quantitative estimate of drug-likeness (QED) is 0.334. The van der Waals surface area contributed by atoms with Crippen LogP contribution in [0.4, 0.5) is 0 Å². The number of ketones is 1. The molecule has 0 spiro atoms. The Morgan fingerprint density at radius 3 is 2.50 bits per heavy atom. The van der Waals surface area contributed by atoms with Crippen LogP contribution in [0.3, 0.4) is 0 Å². The zero-order valence-corrected chi connectivity index (χ0v) is 17.1. The van der Waals surface area contributed by atoms with Crippen LogP contribution < -0.4 is 15.0 Å². The van der Waals surface area contributed by atoms with E-state index in [1.165, 1.54) is 16.3 Å². The summed E-state index contributed by atoms with van der Waals surface area (Å²) in [5.41, 5.74) is 1.07. The van der Waals surface area contributed by atoms with Crippen molar-refractivity contribution < 1.29 is 14.3 Å². The fraction of sp³-hybridized carbons (Fsp3) is 0.143. The number of benzene rings is 2. The summed E-state index contributed by atoms with van der Waals surface area (Å²) in [6.45, 7) is 0. The Hall–Kier alpha value is -3.59. The molecule has 30 heavy (non-hydrogen) atoms. The minimum Gasteiger partial charge on any atom is -0.497 e. The molecule has 0 atom stereocenters. The van der Waals surface area contributed by atoms with Crippen LogP contribution in [0.2, 0.25) is 0 Å². The molecular formula is C21H18N4O4S. The van der Waals surface area contributed by atoms with Crippen molar-refractivity contribution >= 4 is 23.2 Å². The van der Waals surface area contributed by atoms with Crippen LogP contribution in [-0.4, -0.2) is 44.9 Å². The summed E-state index contributed by atoms with van der Waals surface area (Å²) in [4.78, 5) is 25.4. The monoisotopic (exact) mass is 422 g/mol. The van der Waals surface area contributed by atoms with Gasteiger partial charge >= 0.3 is 5.56 Å². The van der Waals surface area contributed by atoms with Gasteiger partial charge in [-0.05, 0) is 24.3 Å². The Labute approximate surface area is 176 Å². The number of nitrogens with zero attached hydrogens (tertiary/aromatic N) is 4. The van der Waals surface area contributed by atoms with Crippen molar-refractivity contribution in [3.8, 4) is 17.2 Å². The summed E-state index contributed by atoms with van der Waals surface area (Å²) >= 11 is 1.22. The Morgan fingerprint density at radius 2 is 1.73 bits per heavy atom. The number of hydrogen-bond acceptors (Lipinski definition) is 7. The van der Waals surface area contributed by atoms with Gasteiger partial charge in [0.2, 0.25) is 5.65 Å². The van der Waals surface area contributed by atoms with E-state index in [2.05, 4.69) is 10.2 Å². The van der Waals surface area contributed by atoms with Crippen molar-refractivity contribution in [1.82, 2.24) is 19.2 Å². The molecule has 0 bridgehead atoms. The molecule has 0 N–H and O–H groups in total. The number of fused-ring (bicyclic) bond motifs is 1. The second-order valence-corrected chi connectivity index (χ2v) is 7.24. The van der Waals surface area contributed by atoms with Crippen molar-refractivity contribution in [1.29, 1.82) is 0 Å². The van der Waals surface area contributed by atoms with Gasteiger partial charge in [0.1, 0.15) is 11.5 Å². The van der Waals surface area contributed by atoms with Gasteiger partial charge in [-0.2, -0.15) is 0 Å². The molecule has 0 aliphatic heterocycles. The normalized spacial score (nSPS) is 10.9. The highest BCUT2D eigenvalue weighted by atomic mass is 32.2. The predicted octanol–water partition coefficient (Wildman–Crippen LogP) is 2.87. The number of carbonyl (C=O) groups excluding carboxylic acids is 1. The van der Waals surface area contributed by atoms with Crippen LogP contribution >= 0.6 is 11.8 Å². The van der Waals surface area contributed by atoms with E-state index >= 15 is 0 Å². The topological polar surface area (TPSA) is 87.7 Å². The van der Waals surface area contributed by atoms with Gasteiger partial charge in [0.05, 0.1) is 25.7 Å². The second kappa shape index (κ2) is 8.42. The van der Waals surface area contributed by atoms with E-state index < -0.39 is 0 Å².